The lowest BCUT2D eigenvalue weighted by atomic mass is 9.68. The third kappa shape index (κ3) is 5.86. The summed E-state index contributed by atoms with van der Waals surface area (Å²) in [5.74, 6) is -1.28. The summed E-state index contributed by atoms with van der Waals surface area (Å²) in [5.41, 5.74) is 1.47. The van der Waals surface area contributed by atoms with E-state index >= 15 is 0 Å². The standard InChI is InChI=1S/C28H25F3N2O5/c1-38-16-27(15-24(34)35)12-11-19-13-18(7-10-23(19)25(27)36)17-5-8-21(9-6-17)32-26(37)33-22-4-2-3-20(14-22)28(29,30)31/h2-10,13-14H,11-12,15-16H2,1H3,(H,34,35)(H2,32,33,37). The van der Waals surface area contributed by atoms with Crippen molar-refractivity contribution in [3.63, 3.8) is 0 Å². The number of Topliss-reactive ketones (excluding diaryl/α,β-unsaturated/α-hetero) is 1. The van der Waals surface area contributed by atoms with Gasteiger partial charge < -0.3 is 20.5 Å². The fourth-order valence-corrected chi connectivity index (χ4v) is 4.71. The van der Waals surface area contributed by atoms with E-state index in [0.29, 0.717) is 24.1 Å². The third-order valence-corrected chi connectivity index (χ3v) is 6.54. The Morgan fingerprint density at radius 2 is 1.66 bits per heavy atom. The SMILES string of the molecule is COCC1(CC(=O)O)CCc2cc(-c3ccc(NC(=O)Nc4cccc(C(F)(F)F)c4)cc3)ccc2C1=O. The number of anilines is 2. The van der Waals surface area contributed by atoms with Crippen LogP contribution >= 0.6 is 0 Å². The number of halogens is 3. The number of urea groups is 1. The minimum absolute atomic E-state index is 0.00965. The first-order chi connectivity index (χ1) is 18.0. The van der Waals surface area contributed by atoms with E-state index in [0.717, 1.165) is 28.8 Å². The number of amides is 2. The van der Waals surface area contributed by atoms with Gasteiger partial charge in [-0.2, -0.15) is 13.2 Å². The number of benzene rings is 3. The maximum absolute atomic E-state index is 13.2. The van der Waals surface area contributed by atoms with Crippen molar-refractivity contribution in [2.75, 3.05) is 24.4 Å². The lowest BCUT2D eigenvalue weighted by Gasteiger charge is -2.35. The predicted molar refractivity (Wildman–Crippen MR) is 135 cm³/mol. The summed E-state index contributed by atoms with van der Waals surface area (Å²) in [6.07, 6.45) is -3.91. The van der Waals surface area contributed by atoms with E-state index in [2.05, 4.69) is 10.6 Å². The number of aliphatic carboxylic acids is 1. The van der Waals surface area contributed by atoms with Crippen LogP contribution in [0.5, 0.6) is 0 Å². The van der Waals surface area contributed by atoms with Crippen LogP contribution in [0, 0.1) is 5.41 Å². The molecule has 0 radical (unpaired) electrons. The van der Waals surface area contributed by atoms with Crippen molar-refractivity contribution in [1.82, 2.24) is 0 Å². The van der Waals surface area contributed by atoms with Crippen LogP contribution in [0.2, 0.25) is 0 Å². The number of ketones is 1. The second kappa shape index (κ2) is 10.7. The van der Waals surface area contributed by atoms with E-state index in [1.807, 2.05) is 6.07 Å². The molecule has 0 saturated heterocycles. The Morgan fingerprint density at radius 1 is 0.974 bits per heavy atom. The quantitative estimate of drug-likeness (QED) is 0.337. The van der Waals surface area contributed by atoms with Gasteiger partial charge in [0, 0.05) is 24.0 Å². The van der Waals surface area contributed by atoms with Crippen LogP contribution in [0.1, 0.15) is 34.3 Å². The second-order valence-electron chi connectivity index (χ2n) is 9.22. The zero-order chi connectivity index (χ0) is 27.5. The van der Waals surface area contributed by atoms with Gasteiger partial charge in [-0.15, -0.1) is 0 Å². The van der Waals surface area contributed by atoms with Crippen molar-refractivity contribution >= 4 is 29.2 Å². The second-order valence-corrected chi connectivity index (χ2v) is 9.22. The summed E-state index contributed by atoms with van der Waals surface area (Å²) in [4.78, 5) is 36.9. The van der Waals surface area contributed by atoms with Crippen LogP contribution in [0.4, 0.5) is 29.3 Å². The highest BCUT2D eigenvalue weighted by molar-refractivity contribution is 6.05. The summed E-state index contributed by atoms with van der Waals surface area (Å²) in [5, 5.41) is 14.3. The zero-order valence-corrected chi connectivity index (χ0v) is 20.4. The van der Waals surface area contributed by atoms with E-state index in [1.165, 1.54) is 19.2 Å². The Balaban J connectivity index is 1.45. The first-order valence-corrected chi connectivity index (χ1v) is 11.7. The van der Waals surface area contributed by atoms with Gasteiger partial charge in [0.2, 0.25) is 0 Å². The average Bonchev–Trinajstić information content (AvgIpc) is 2.86. The molecule has 1 aliphatic rings. The number of hydrogen-bond donors (Lipinski definition) is 3. The van der Waals surface area contributed by atoms with Crippen molar-refractivity contribution in [1.29, 1.82) is 0 Å². The molecule has 0 spiro atoms. The molecule has 7 nitrogen and oxygen atoms in total. The smallest absolute Gasteiger partial charge is 0.416 e. The number of nitrogens with one attached hydrogen (secondary N) is 2. The van der Waals surface area contributed by atoms with Crippen LogP contribution in [-0.2, 0) is 22.1 Å². The van der Waals surface area contributed by atoms with Crippen LogP contribution in [0.15, 0.2) is 66.7 Å². The molecule has 3 N–H and O–H groups in total. The zero-order valence-electron chi connectivity index (χ0n) is 20.4. The normalized spacial score (nSPS) is 17.0. The van der Waals surface area contributed by atoms with Gasteiger partial charge in [-0.25, -0.2) is 4.79 Å². The highest BCUT2D eigenvalue weighted by atomic mass is 19.4. The molecule has 0 saturated carbocycles. The van der Waals surface area contributed by atoms with Gasteiger partial charge in [0.15, 0.2) is 5.78 Å². The van der Waals surface area contributed by atoms with Crippen LogP contribution in [0.25, 0.3) is 11.1 Å². The molecule has 38 heavy (non-hydrogen) atoms. The summed E-state index contributed by atoms with van der Waals surface area (Å²) in [7, 11) is 1.45. The van der Waals surface area contributed by atoms with E-state index < -0.39 is 29.2 Å². The number of rotatable bonds is 7. The van der Waals surface area contributed by atoms with E-state index in [1.54, 1.807) is 36.4 Å². The lowest BCUT2D eigenvalue weighted by molar-refractivity contribution is -0.140. The fraction of sp³-hybridized carbons (Fsp3) is 0.250. The van der Waals surface area contributed by atoms with Crippen LogP contribution < -0.4 is 10.6 Å². The fourth-order valence-electron chi connectivity index (χ4n) is 4.71. The van der Waals surface area contributed by atoms with E-state index in [-0.39, 0.29) is 24.5 Å². The predicted octanol–water partition coefficient (Wildman–Crippen LogP) is 6.25. The van der Waals surface area contributed by atoms with E-state index in [9.17, 15) is 32.7 Å². The number of carboxylic acid groups (broad SMARTS) is 1. The summed E-state index contributed by atoms with van der Waals surface area (Å²) in [6, 6.07) is 15.9. The molecule has 0 bridgehead atoms. The number of carboxylic acids is 1. The number of alkyl halides is 3. The van der Waals surface area contributed by atoms with Crippen LogP contribution in [-0.4, -0.2) is 36.6 Å². The maximum atomic E-state index is 13.2. The molecular formula is C28H25F3N2O5. The summed E-state index contributed by atoms with van der Waals surface area (Å²) >= 11 is 0. The third-order valence-electron chi connectivity index (χ3n) is 6.54. The Hall–Kier alpha value is -4.18. The van der Waals surface area contributed by atoms with Crippen molar-refractivity contribution in [3.8, 4) is 11.1 Å². The number of methoxy groups -OCH3 is 1. The molecule has 0 fully saturated rings. The largest absolute Gasteiger partial charge is 0.481 e. The monoisotopic (exact) mass is 526 g/mol. The number of carbonyl (C=O) groups excluding carboxylic acids is 2. The maximum Gasteiger partial charge on any atom is 0.416 e. The molecule has 0 heterocycles. The number of hydrogen-bond acceptors (Lipinski definition) is 4. The van der Waals surface area contributed by atoms with Gasteiger partial charge >= 0.3 is 18.2 Å². The number of fused-ring (bicyclic) bond motifs is 1. The number of carbonyl (C=O) groups is 3. The first-order valence-electron chi connectivity index (χ1n) is 11.7. The molecule has 0 aliphatic heterocycles. The first kappa shape index (κ1) is 26.9. The Kier molecular flexibility index (Phi) is 7.54. The Morgan fingerprint density at radius 3 is 2.32 bits per heavy atom. The minimum atomic E-state index is -4.51. The molecule has 3 aromatic carbocycles. The van der Waals surface area contributed by atoms with Crippen LogP contribution in [0.3, 0.4) is 0 Å². The summed E-state index contributed by atoms with van der Waals surface area (Å²) in [6.45, 7) is 0.0368. The molecule has 1 atom stereocenters. The molecule has 3 aromatic rings. The molecule has 198 valence electrons. The molecule has 4 rings (SSSR count). The molecular weight excluding hydrogens is 501 g/mol. The lowest BCUT2D eigenvalue weighted by Crippen LogP contribution is -2.41. The Labute approximate surface area is 216 Å². The molecule has 1 unspecified atom stereocenters. The highest BCUT2D eigenvalue weighted by Crippen LogP contribution is 2.40. The van der Waals surface area contributed by atoms with Gasteiger partial charge in [0.1, 0.15) is 0 Å². The molecule has 2 amide bonds. The highest BCUT2D eigenvalue weighted by Gasteiger charge is 2.44. The van der Waals surface area contributed by atoms with Crippen molar-refractivity contribution in [2.24, 2.45) is 5.41 Å². The Bertz CT molecular complexity index is 1370. The number of ether oxygens (including phenoxy) is 1. The average molecular weight is 527 g/mol. The van der Waals surface area contributed by atoms with Gasteiger partial charge in [0.05, 0.1) is 24.0 Å². The van der Waals surface area contributed by atoms with Crippen molar-refractivity contribution in [3.05, 3.63) is 83.4 Å². The topological polar surface area (TPSA) is 105 Å². The van der Waals surface area contributed by atoms with Gasteiger partial charge in [-0.1, -0.05) is 36.4 Å². The van der Waals surface area contributed by atoms with Crippen molar-refractivity contribution in [2.45, 2.75) is 25.4 Å². The minimum Gasteiger partial charge on any atom is -0.481 e. The van der Waals surface area contributed by atoms with Gasteiger partial charge in [0.25, 0.3) is 0 Å². The molecule has 0 aromatic heterocycles. The number of aryl methyl sites for hydroxylation is 1. The van der Waals surface area contributed by atoms with E-state index in [4.69, 9.17) is 4.74 Å². The van der Waals surface area contributed by atoms with Crippen molar-refractivity contribution < 1.29 is 37.4 Å². The molecule has 10 heteroatoms. The van der Waals surface area contributed by atoms with Gasteiger partial charge in [-0.3, -0.25) is 9.59 Å². The molecule has 1 aliphatic carbocycles. The van der Waals surface area contributed by atoms with Gasteiger partial charge in [-0.05, 0) is 59.9 Å². The summed E-state index contributed by atoms with van der Waals surface area (Å²) < 4.78 is 43.8.